The summed E-state index contributed by atoms with van der Waals surface area (Å²) in [6, 6.07) is 9.55. The monoisotopic (exact) mass is 291 g/mol. The van der Waals surface area contributed by atoms with Gasteiger partial charge in [0.15, 0.2) is 11.6 Å². The average molecular weight is 291 g/mol. The van der Waals surface area contributed by atoms with E-state index in [0.29, 0.717) is 5.69 Å². The van der Waals surface area contributed by atoms with Gasteiger partial charge in [0.2, 0.25) is 0 Å². The average Bonchev–Trinajstić information content (AvgIpc) is 2.50. The van der Waals surface area contributed by atoms with Crippen molar-refractivity contribution in [2.75, 3.05) is 19.5 Å². The molecule has 2 rings (SSSR count). The lowest BCUT2D eigenvalue weighted by atomic mass is 10.1. The first-order valence-corrected chi connectivity index (χ1v) is 6.52. The van der Waals surface area contributed by atoms with Crippen LogP contribution in [-0.2, 0) is 0 Å². The SMILES string of the molecule is COc1ccc(OC)c(C(C)Nc2ccc(O)c(F)c2)c1. The van der Waals surface area contributed by atoms with Gasteiger partial charge in [0.25, 0.3) is 0 Å². The number of hydrogen-bond acceptors (Lipinski definition) is 4. The van der Waals surface area contributed by atoms with Gasteiger partial charge in [-0.05, 0) is 37.3 Å². The van der Waals surface area contributed by atoms with Crippen molar-refractivity contribution in [3.8, 4) is 17.2 Å². The van der Waals surface area contributed by atoms with Gasteiger partial charge in [0.05, 0.1) is 20.3 Å². The predicted molar refractivity (Wildman–Crippen MR) is 79.6 cm³/mol. The molecule has 0 aliphatic rings. The van der Waals surface area contributed by atoms with E-state index in [1.54, 1.807) is 20.3 Å². The molecular weight excluding hydrogens is 273 g/mol. The summed E-state index contributed by atoms with van der Waals surface area (Å²) in [6.45, 7) is 1.93. The van der Waals surface area contributed by atoms with Gasteiger partial charge >= 0.3 is 0 Å². The Bertz CT molecular complexity index is 631. The fourth-order valence-electron chi connectivity index (χ4n) is 2.10. The maximum Gasteiger partial charge on any atom is 0.166 e. The molecule has 4 nitrogen and oxygen atoms in total. The molecule has 0 aromatic heterocycles. The molecule has 2 N–H and O–H groups in total. The molecule has 0 amide bonds. The Kier molecular flexibility index (Phi) is 4.52. The summed E-state index contributed by atoms with van der Waals surface area (Å²) in [5.74, 6) is 0.406. The number of halogens is 1. The molecule has 0 aliphatic heterocycles. The first-order valence-electron chi connectivity index (χ1n) is 6.52. The largest absolute Gasteiger partial charge is 0.505 e. The summed E-state index contributed by atoms with van der Waals surface area (Å²) < 4.78 is 23.9. The van der Waals surface area contributed by atoms with Crippen molar-refractivity contribution >= 4 is 5.69 Å². The second kappa shape index (κ2) is 6.35. The third kappa shape index (κ3) is 3.37. The number of phenolic OH excluding ortho intramolecular Hbond substituents is 1. The predicted octanol–water partition coefficient (Wildman–Crippen LogP) is 3.72. The number of methoxy groups -OCH3 is 2. The van der Waals surface area contributed by atoms with Gasteiger partial charge in [0.1, 0.15) is 11.5 Å². The molecule has 0 fully saturated rings. The van der Waals surface area contributed by atoms with Gasteiger partial charge in [-0.15, -0.1) is 0 Å². The van der Waals surface area contributed by atoms with Gasteiger partial charge in [0, 0.05) is 17.3 Å². The smallest absolute Gasteiger partial charge is 0.166 e. The topological polar surface area (TPSA) is 50.7 Å². The third-order valence-corrected chi connectivity index (χ3v) is 3.23. The molecule has 0 saturated heterocycles. The van der Waals surface area contributed by atoms with E-state index in [4.69, 9.17) is 9.47 Å². The zero-order valence-corrected chi connectivity index (χ0v) is 12.2. The number of aromatic hydroxyl groups is 1. The highest BCUT2D eigenvalue weighted by atomic mass is 19.1. The molecule has 5 heteroatoms. The summed E-state index contributed by atoms with van der Waals surface area (Å²) in [6.07, 6.45) is 0. The highest BCUT2D eigenvalue weighted by Crippen LogP contribution is 2.31. The van der Waals surface area contributed by atoms with Crippen molar-refractivity contribution in [2.45, 2.75) is 13.0 Å². The number of phenols is 1. The molecule has 0 radical (unpaired) electrons. The Balaban J connectivity index is 2.26. The second-order valence-electron chi connectivity index (χ2n) is 4.64. The second-order valence-corrected chi connectivity index (χ2v) is 4.64. The Labute approximate surface area is 123 Å². The Morgan fingerprint density at radius 1 is 1.10 bits per heavy atom. The summed E-state index contributed by atoms with van der Waals surface area (Å²) in [7, 11) is 3.19. The van der Waals surface area contributed by atoms with E-state index in [2.05, 4.69) is 5.32 Å². The minimum absolute atomic E-state index is 0.126. The number of nitrogens with one attached hydrogen (secondary N) is 1. The van der Waals surface area contributed by atoms with Crippen LogP contribution in [0.5, 0.6) is 17.2 Å². The van der Waals surface area contributed by atoms with Crippen molar-refractivity contribution in [1.29, 1.82) is 0 Å². The molecule has 0 spiro atoms. The first-order chi connectivity index (χ1) is 10.0. The zero-order chi connectivity index (χ0) is 15.4. The number of benzene rings is 2. The van der Waals surface area contributed by atoms with Crippen molar-refractivity contribution in [3.63, 3.8) is 0 Å². The molecule has 1 unspecified atom stereocenters. The van der Waals surface area contributed by atoms with Crippen LogP contribution in [0.25, 0.3) is 0 Å². The van der Waals surface area contributed by atoms with Crippen molar-refractivity contribution in [3.05, 3.63) is 47.8 Å². The maximum atomic E-state index is 13.4. The minimum Gasteiger partial charge on any atom is -0.505 e. The number of rotatable bonds is 5. The lowest BCUT2D eigenvalue weighted by molar-refractivity contribution is 0.397. The van der Waals surface area contributed by atoms with Crippen LogP contribution in [0, 0.1) is 5.82 Å². The highest BCUT2D eigenvalue weighted by Gasteiger charge is 2.13. The van der Waals surface area contributed by atoms with E-state index in [0.717, 1.165) is 17.1 Å². The highest BCUT2D eigenvalue weighted by molar-refractivity contribution is 5.51. The van der Waals surface area contributed by atoms with Crippen LogP contribution in [0.15, 0.2) is 36.4 Å². The van der Waals surface area contributed by atoms with Crippen LogP contribution in [0.3, 0.4) is 0 Å². The minimum atomic E-state index is -0.662. The van der Waals surface area contributed by atoms with Crippen LogP contribution < -0.4 is 14.8 Å². The van der Waals surface area contributed by atoms with Crippen molar-refractivity contribution in [1.82, 2.24) is 0 Å². The van der Waals surface area contributed by atoms with Crippen molar-refractivity contribution < 1.29 is 19.0 Å². The quantitative estimate of drug-likeness (QED) is 0.824. The molecule has 112 valence electrons. The zero-order valence-electron chi connectivity index (χ0n) is 12.2. The number of anilines is 1. The lowest BCUT2D eigenvalue weighted by Gasteiger charge is -2.19. The fourth-order valence-corrected chi connectivity index (χ4v) is 2.10. The van der Waals surface area contributed by atoms with E-state index in [9.17, 15) is 9.50 Å². The molecule has 0 bridgehead atoms. The van der Waals surface area contributed by atoms with E-state index >= 15 is 0 Å². The van der Waals surface area contributed by atoms with E-state index in [1.807, 2.05) is 25.1 Å². The lowest BCUT2D eigenvalue weighted by Crippen LogP contribution is -2.08. The van der Waals surface area contributed by atoms with Gasteiger partial charge in [-0.2, -0.15) is 0 Å². The molecule has 0 aliphatic carbocycles. The van der Waals surface area contributed by atoms with Crippen molar-refractivity contribution in [2.24, 2.45) is 0 Å². The Hall–Kier alpha value is -2.43. The summed E-state index contributed by atoms with van der Waals surface area (Å²) in [5, 5.41) is 12.4. The van der Waals surface area contributed by atoms with Gasteiger partial charge in [-0.3, -0.25) is 0 Å². The molecular formula is C16H18FNO3. The molecule has 1 atom stereocenters. The van der Waals surface area contributed by atoms with Gasteiger partial charge in [-0.1, -0.05) is 0 Å². The summed E-state index contributed by atoms with van der Waals surface area (Å²) in [4.78, 5) is 0. The molecule has 2 aromatic carbocycles. The first kappa shape index (κ1) is 15.0. The van der Waals surface area contributed by atoms with E-state index in [-0.39, 0.29) is 11.8 Å². The van der Waals surface area contributed by atoms with Crippen LogP contribution in [0.2, 0.25) is 0 Å². The van der Waals surface area contributed by atoms with Crippen LogP contribution in [-0.4, -0.2) is 19.3 Å². The van der Waals surface area contributed by atoms with Crippen LogP contribution >= 0.6 is 0 Å². The standard InChI is InChI=1S/C16H18FNO3/c1-10(18-11-4-6-15(19)14(17)8-11)13-9-12(20-2)5-7-16(13)21-3/h4-10,18-19H,1-3H3. The fraction of sp³-hybridized carbons (Fsp3) is 0.250. The molecule has 21 heavy (non-hydrogen) atoms. The molecule has 2 aromatic rings. The third-order valence-electron chi connectivity index (χ3n) is 3.23. The van der Waals surface area contributed by atoms with E-state index in [1.165, 1.54) is 12.1 Å². The van der Waals surface area contributed by atoms with Crippen LogP contribution in [0.4, 0.5) is 10.1 Å². The van der Waals surface area contributed by atoms with E-state index < -0.39 is 5.82 Å². The van der Waals surface area contributed by atoms with Gasteiger partial charge < -0.3 is 19.9 Å². The summed E-state index contributed by atoms with van der Waals surface area (Å²) in [5.41, 5.74) is 1.47. The van der Waals surface area contributed by atoms with Crippen LogP contribution in [0.1, 0.15) is 18.5 Å². The Morgan fingerprint density at radius 2 is 1.86 bits per heavy atom. The Morgan fingerprint density at radius 3 is 2.48 bits per heavy atom. The molecule has 0 saturated carbocycles. The summed E-state index contributed by atoms with van der Waals surface area (Å²) >= 11 is 0. The number of hydrogen-bond donors (Lipinski definition) is 2. The molecule has 0 heterocycles. The number of ether oxygens (including phenoxy) is 2. The normalized spacial score (nSPS) is 11.8. The van der Waals surface area contributed by atoms with Gasteiger partial charge in [-0.25, -0.2) is 4.39 Å². The maximum absolute atomic E-state index is 13.4.